The molecule has 0 spiro atoms. The lowest BCUT2D eigenvalue weighted by molar-refractivity contribution is -0.123. The second-order valence-corrected chi connectivity index (χ2v) is 11.3. The molecule has 0 rings (SSSR count). The predicted molar refractivity (Wildman–Crippen MR) is 170 cm³/mol. The van der Waals surface area contributed by atoms with Gasteiger partial charge in [0.2, 0.25) is 5.91 Å². The van der Waals surface area contributed by atoms with Gasteiger partial charge in [-0.2, -0.15) is 0 Å². The maximum atomic E-state index is 12.2. The lowest BCUT2D eigenvalue weighted by atomic mass is 10.1. The van der Waals surface area contributed by atoms with Crippen LogP contribution in [-0.2, 0) is 4.79 Å². The Bertz CT molecular complexity index is 599. The summed E-state index contributed by atoms with van der Waals surface area (Å²) in [5, 5.41) is 22.7. The van der Waals surface area contributed by atoms with Crippen molar-refractivity contribution in [3.8, 4) is 0 Å². The SMILES string of the molecule is CCCCCCCC/C=C/C=C/[C@@H](O)[C@H](CO)NC(=O)CCCCCCCCC/C=C/CCCCCCCC. The first-order valence-corrected chi connectivity index (χ1v) is 16.7. The number of aliphatic hydroxyl groups is 2. The van der Waals surface area contributed by atoms with E-state index in [9.17, 15) is 15.0 Å². The van der Waals surface area contributed by atoms with E-state index in [4.69, 9.17) is 0 Å². The molecule has 0 aromatic heterocycles. The second-order valence-electron chi connectivity index (χ2n) is 11.3. The molecule has 0 bridgehead atoms. The number of amides is 1. The fourth-order valence-electron chi connectivity index (χ4n) is 4.76. The van der Waals surface area contributed by atoms with Gasteiger partial charge >= 0.3 is 0 Å². The van der Waals surface area contributed by atoms with Crippen molar-refractivity contribution < 1.29 is 15.0 Å². The summed E-state index contributed by atoms with van der Waals surface area (Å²) < 4.78 is 0. The van der Waals surface area contributed by atoms with E-state index < -0.39 is 12.1 Å². The minimum atomic E-state index is -0.886. The Labute approximate surface area is 242 Å². The van der Waals surface area contributed by atoms with Crippen molar-refractivity contribution in [3.05, 3.63) is 36.5 Å². The van der Waals surface area contributed by atoms with Gasteiger partial charge in [0.15, 0.2) is 0 Å². The summed E-state index contributed by atoms with van der Waals surface area (Å²) >= 11 is 0. The van der Waals surface area contributed by atoms with Crippen LogP contribution in [-0.4, -0.2) is 34.9 Å². The number of carbonyl (C=O) groups is 1. The van der Waals surface area contributed by atoms with Crippen LogP contribution in [0.2, 0.25) is 0 Å². The Kier molecular flexibility index (Phi) is 30.0. The van der Waals surface area contributed by atoms with Crippen molar-refractivity contribution in [2.45, 2.75) is 174 Å². The van der Waals surface area contributed by atoms with Gasteiger partial charge in [0, 0.05) is 6.42 Å². The first-order chi connectivity index (χ1) is 19.2. The molecule has 0 aromatic rings. The number of allylic oxidation sites excluding steroid dienone is 5. The lowest BCUT2D eigenvalue weighted by Gasteiger charge is -2.19. The Morgan fingerprint density at radius 3 is 1.54 bits per heavy atom. The molecule has 0 aliphatic heterocycles. The molecule has 0 radical (unpaired) electrons. The Balaban J connectivity index is 3.68. The van der Waals surface area contributed by atoms with Gasteiger partial charge in [-0.05, 0) is 44.9 Å². The van der Waals surface area contributed by atoms with Gasteiger partial charge in [0.25, 0.3) is 0 Å². The van der Waals surface area contributed by atoms with Gasteiger partial charge in [0.1, 0.15) is 0 Å². The number of hydrogen-bond acceptors (Lipinski definition) is 3. The van der Waals surface area contributed by atoms with E-state index in [1.54, 1.807) is 6.08 Å². The molecule has 0 heterocycles. The summed E-state index contributed by atoms with van der Waals surface area (Å²) in [6, 6.07) is -0.652. The van der Waals surface area contributed by atoms with Crippen LogP contribution in [0, 0.1) is 0 Å². The van der Waals surface area contributed by atoms with E-state index in [2.05, 4.69) is 37.4 Å². The lowest BCUT2D eigenvalue weighted by Crippen LogP contribution is -2.45. The molecule has 0 fully saturated rings. The summed E-state index contributed by atoms with van der Waals surface area (Å²) in [5.74, 6) is -0.0899. The minimum Gasteiger partial charge on any atom is -0.394 e. The normalized spacial score (nSPS) is 13.6. The summed E-state index contributed by atoms with van der Waals surface area (Å²) in [6.45, 7) is 4.23. The van der Waals surface area contributed by atoms with Crippen molar-refractivity contribution in [3.63, 3.8) is 0 Å². The number of nitrogens with one attached hydrogen (secondary N) is 1. The number of carbonyl (C=O) groups excluding carboxylic acids is 1. The highest BCUT2D eigenvalue weighted by atomic mass is 16.3. The molecule has 0 saturated carbocycles. The van der Waals surface area contributed by atoms with Crippen LogP contribution in [0.15, 0.2) is 36.5 Å². The van der Waals surface area contributed by atoms with Crippen LogP contribution in [0.1, 0.15) is 162 Å². The van der Waals surface area contributed by atoms with E-state index >= 15 is 0 Å². The van der Waals surface area contributed by atoms with Crippen LogP contribution < -0.4 is 5.32 Å². The van der Waals surface area contributed by atoms with Gasteiger partial charge in [-0.3, -0.25) is 4.79 Å². The monoisotopic (exact) mass is 547 g/mol. The van der Waals surface area contributed by atoms with E-state index in [-0.39, 0.29) is 12.5 Å². The highest BCUT2D eigenvalue weighted by Gasteiger charge is 2.17. The van der Waals surface area contributed by atoms with Crippen LogP contribution in [0.4, 0.5) is 0 Å². The first kappa shape index (κ1) is 37.6. The standard InChI is InChI=1S/C35H65NO3/c1-3-5-7-9-11-13-15-16-17-18-19-20-21-23-25-27-29-31-35(39)36-33(32-37)34(38)30-28-26-24-22-14-12-10-8-6-4-2/h16-17,24,26,28,30,33-34,37-38H,3-15,18-23,25,27,29,31-32H2,1-2H3,(H,36,39)/b17-16+,26-24+,30-28+/t33-,34+/m0/s1. The Hall–Kier alpha value is -1.39. The molecule has 0 aliphatic carbocycles. The number of hydrogen-bond donors (Lipinski definition) is 3. The summed E-state index contributed by atoms with van der Waals surface area (Å²) in [5.41, 5.74) is 0. The summed E-state index contributed by atoms with van der Waals surface area (Å²) in [6.07, 6.45) is 39.4. The number of unbranched alkanes of at least 4 members (excludes halogenated alkanes) is 19. The predicted octanol–water partition coefficient (Wildman–Crippen LogP) is 9.51. The van der Waals surface area contributed by atoms with Crippen molar-refractivity contribution >= 4 is 5.91 Å². The van der Waals surface area contributed by atoms with Gasteiger partial charge < -0.3 is 15.5 Å². The summed E-state index contributed by atoms with van der Waals surface area (Å²) in [7, 11) is 0. The zero-order valence-electron chi connectivity index (χ0n) is 25.9. The minimum absolute atomic E-state index is 0.0899. The average Bonchev–Trinajstić information content (AvgIpc) is 2.94. The van der Waals surface area contributed by atoms with Crippen molar-refractivity contribution in [2.75, 3.05) is 6.61 Å². The number of rotatable bonds is 29. The molecule has 3 N–H and O–H groups in total. The van der Waals surface area contributed by atoms with Crippen molar-refractivity contribution in [1.82, 2.24) is 5.32 Å². The van der Waals surface area contributed by atoms with Crippen LogP contribution >= 0.6 is 0 Å². The molecule has 39 heavy (non-hydrogen) atoms. The second kappa shape index (κ2) is 31.1. The van der Waals surface area contributed by atoms with Crippen LogP contribution in [0.25, 0.3) is 0 Å². The van der Waals surface area contributed by atoms with Crippen LogP contribution in [0.5, 0.6) is 0 Å². The topological polar surface area (TPSA) is 69.6 Å². The molecular weight excluding hydrogens is 482 g/mol. The first-order valence-electron chi connectivity index (χ1n) is 16.7. The third-order valence-corrected chi connectivity index (χ3v) is 7.40. The third-order valence-electron chi connectivity index (χ3n) is 7.40. The largest absolute Gasteiger partial charge is 0.394 e. The van der Waals surface area contributed by atoms with Gasteiger partial charge in [0.05, 0.1) is 18.8 Å². The smallest absolute Gasteiger partial charge is 0.220 e. The zero-order valence-corrected chi connectivity index (χ0v) is 25.9. The molecule has 228 valence electrons. The Morgan fingerprint density at radius 2 is 1.05 bits per heavy atom. The molecule has 0 aliphatic rings. The highest BCUT2D eigenvalue weighted by molar-refractivity contribution is 5.76. The van der Waals surface area contributed by atoms with E-state index in [0.29, 0.717) is 6.42 Å². The fraction of sp³-hybridized carbons (Fsp3) is 0.800. The average molecular weight is 548 g/mol. The third kappa shape index (κ3) is 28.0. The molecule has 2 atom stereocenters. The molecule has 0 aromatic carbocycles. The van der Waals surface area contributed by atoms with Gasteiger partial charge in [-0.15, -0.1) is 0 Å². The maximum absolute atomic E-state index is 12.2. The molecule has 0 saturated heterocycles. The van der Waals surface area contributed by atoms with E-state index in [1.165, 1.54) is 122 Å². The fourth-order valence-corrected chi connectivity index (χ4v) is 4.76. The zero-order chi connectivity index (χ0) is 28.7. The molecule has 1 amide bonds. The number of aliphatic hydroxyl groups excluding tert-OH is 2. The van der Waals surface area contributed by atoms with Crippen molar-refractivity contribution in [2.24, 2.45) is 0 Å². The molecular formula is C35H65NO3. The Morgan fingerprint density at radius 1 is 0.615 bits per heavy atom. The van der Waals surface area contributed by atoms with Crippen LogP contribution in [0.3, 0.4) is 0 Å². The van der Waals surface area contributed by atoms with E-state index in [1.807, 2.05) is 12.2 Å². The quantitative estimate of drug-likeness (QED) is 0.0496. The maximum Gasteiger partial charge on any atom is 0.220 e. The van der Waals surface area contributed by atoms with Gasteiger partial charge in [-0.1, -0.05) is 147 Å². The molecule has 4 nitrogen and oxygen atoms in total. The highest BCUT2D eigenvalue weighted by Crippen LogP contribution is 2.12. The van der Waals surface area contributed by atoms with Gasteiger partial charge in [-0.25, -0.2) is 0 Å². The van der Waals surface area contributed by atoms with E-state index in [0.717, 1.165) is 19.3 Å². The molecule has 4 heteroatoms. The summed E-state index contributed by atoms with van der Waals surface area (Å²) in [4.78, 5) is 12.2. The molecule has 0 unspecified atom stereocenters. The van der Waals surface area contributed by atoms with Crippen molar-refractivity contribution in [1.29, 1.82) is 0 Å².